The van der Waals surface area contributed by atoms with Crippen LogP contribution in [0.4, 0.5) is 0 Å². The van der Waals surface area contributed by atoms with Crippen molar-refractivity contribution in [3.05, 3.63) is 83.3 Å². The molecule has 1 aromatic heterocycles. The lowest BCUT2D eigenvalue weighted by atomic mass is 9.81. The van der Waals surface area contributed by atoms with Crippen LogP contribution in [0.3, 0.4) is 0 Å². The molecule has 158 valence electrons. The molecule has 9 heteroatoms. The van der Waals surface area contributed by atoms with Crippen LogP contribution in [0.5, 0.6) is 5.75 Å². The summed E-state index contributed by atoms with van der Waals surface area (Å²) >= 11 is 13.5. The number of esters is 1. The van der Waals surface area contributed by atoms with E-state index in [4.69, 9.17) is 37.7 Å². The van der Waals surface area contributed by atoms with Crippen molar-refractivity contribution in [1.82, 2.24) is 4.57 Å². The van der Waals surface area contributed by atoms with Crippen molar-refractivity contribution in [3.8, 4) is 5.75 Å². The van der Waals surface area contributed by atoms with Gasteiger partial charge in [0.1, 0.15) is 11.7 Å². The van der Waals surface area contributed by atoms with E-state index in [0.717, 1.165) is 5.56 Å². The van der Waals surface area contributed by atoms with E-state index >= 15 is 0 Å². The largest absolute Gasteiger partial charge is 0.469 e. The van der Waals surface area contributed by atoms with Crippen molar-refractivity contribution < 1.29 is 14.3 Å². The average molecular weight is 475 g/mol. The van der Waals surface area contributed by atoms with Gasteiger partial charge in [-0.05, 0) is 36.8 Å². The maximum absolute atomic E-state index is 13.5. The third-order valence-electron chi connectivity index (χ3n) is 5.58. The highest BCUT2D eigenvalue weighted by atomic mass is 35.5. The first kappa shape index (κ1) is 20.3. The van der Waals surface area contributed by atoms with Gasteiger partial charge >= 0.3 is 5.97 Å². The van der Waals surface area contributed by atoms with E-state index in [1.165, 1.54) is 18.4 Å². The predicted octanol–water partition coefficient (Wildman–Crippen LogP) is 3.17. The SMILES string of the molecule is COC(=O)[C@@H]1[C@H]2c3ccccc3O[C@]1(C)N=c1s/c(=C/c3ccc(Cl)cc3Cl)c(=O)n12. The van der Waals surface area contributed by atoms with Crippen molar-refractivity contribution in [1.29, 1.82) is 0 Å². The van der Waals surface area contributed by atoms with Gasteiger partial charge < -0.3 is 9.47 Å². The van der Waals surface area contributed by atoms with E-state index in [0.29, 0.717) is 30.7 Å². The second-order valence-corrected chi connectivity index (χ2v) is 9.34. The summed E-state index contributed by atoms with van der Waals surface area (Å²) in [7, 11) is 1.32. The molecule has 0 saturated carbocycles. The van der Waals surface area contributed by atoms with Gasteiger partial charge in [0, 0.05) is 15.6 Å². The second kappa shape index (κ2) is 7.22. The summed E-state index contributed by atoms with van der Waals surface area (Å²) in [5.74, 6) is -0.700. The van der Waals surface area contributed by atoms with Crippen LogP contribution in [0.1, 0.15) is 24.1 Å². The number of fused-ring (bicyclic) bond motifs is 6. The molecule has 2 aliphatic heterocycles. The molecule has 0 aliphatic carbocycles. The van der Waals surface area contributed by atoms with Crippen LogP contribution >= 0.6 is 34.5 Å². The number of benzene rings is 2. The summed E-state index contributed by atoms with van der Waals surface area (Å²) in [6.07, 6.45) is 1.71. The molecule has 6 nitrogen and oxygen atoms in total. The zero-order chi connectivity index (χ0) is 21.9. The zero-order valence-corrected chi connectivity index (χ0v) is 18.8. The van der Waals surface area contributed by atoms with E-state index in [9.17, 15) is 9.59 Å². The van der Waals surface area contributed by atoms with Crippen molar-refractivity contribution in [3.63, 3.8) is 0 Å². The Morgan fingerprint density at radius 3 is 2.81 bits per heavy atom. The minimum absolute atomic E-state index is 0.257. The number of aromatic nitrogens is 1. The number of ether oxygens (including phenoxy) is 2. The number of hydrogen-bond donors (Lipinski definition) is 0. The number of carbonyl (C=O) groups is 1. The van der Waals surface area contributed by atoms with Crippen LogP contribution in [-0.2, 0) is 9.53 Å². The summed E-state index contributed by atoms with van der Waals surface area (Å²) < 4.78 is 13.2. The topological polar surface area (TPSA) is 69.9 Å². The molecule has 3 heterocycles. The summed E-state index contributed by atoms with van der Waals surface area (Å²) in [4.78, 5) is 31.4. The van der Waals surface area contributed by atoms with E-state index < -0.39 is 23.7 Å². The standard InChI is InChI=1S/C22H16Cl2N2O4S/c1-22-17(20(28)29-2)18(13-5-3-4-6-15(13)30-22)26-19(27)16(31-21(26)25-22)9-11-7-8-12(23)10-14(11)24/h3-10,17-18H,1-2H3/b16-9+/t17-,18+,22-/m0/s1. The Morgan fingerprint density at radius 2 is 2.06 bits per heavy atom. The molecule has 0 saturated heterocycles. The molecule has 0 N–H and O–H groups in total. The van der Waals surface area contributed by atoms with Crippen LogP contribution in [0.25, 0.3) is 6.08 Å². The first-order chi connectivity index (χ1) is 14.8. The van der Waals surface area contributed by atoms with E-state index in [-0.39, 0.29) is 5.56 Å². The highest BCUT2D eigenvalue weighted by Gasteiger charge is 2.55. The van der Waals surface area contributed by atoms with Crippen molar-refractivity contribution in [2.45, 2.75) is 18.7 Å². The molecular formula is C22H16Cl2N2O4S. The Hall–Kier alpha value is -2.61. The number of halogens is 2. The summed E-state index contributed by atoms with van der Waals surface area (Å²) in [6, 6.07) is 11.8. The monoisotopic (exact) mass is 474 g/mol. The lowest BCUT2D eigenvalue weighted by Crippen LogP contribution is -2.58. The Kier molecular flexibility index (Phi) is 4.73. The molecule has 0 radical (unpaired) electrons. The van der Waals surface area contributed by atoms with Crippen LogP contribution in [0.2, 0.25) is 10.0 Å². The molecule has 0 unspecified atom stereocenters. The van der Waals surface area contributed by atoms with Gasteiger partial charge in [-0.15, -0.1) is 0 Å². The van der Waals surface area contributed by atoms with Gasteiger partial charge in [-0.25, -0.2) is 4.99 Å². The van der Waals surface area contributed by atoms with Gasteiger partial charge in [0.2, 0.25) is 5.72 Å². The van der Waals surface area contributed by atoms with E-state index in [2.05, 4.69) is 0 Å². The number of nitrogens with zero attached hydrogens (tertiary/aromatic N) is 2. The number of para-hydroxylation sites is 1. The maximum Gasteiger partial charge on any atom is 0.317 e. The van der Waals surface area contributed by atoms with Crippen LogP contribution in [0.15, 0.2) is 52.3 Å². The summed E-state index contributed by atoms with van der Waals surface area (Å²) in [5, 5.41) is 0.947. The number of hydrogen-bond acceptors (Lipinski definition) is 6. The molecule has 0 fully saturated rings. The lowest BCUT2D eigenvalue weighted by molar-refractivity contribution is -0.158. The lowest BCUT2D eigenvalue weighted by Gasteiger charge is -2.44. The molecule has 3 atom stereocenters. The molecule has 31 heavy (non-hydrogen) atoms. The van der Waals surface area contributed by atoms with Gasteiger partial charge in [0.15, 0.2) is 4.80 Å². The highest BCUT2D eigenvalue weighted by Crippen LogP contribution is 2.47. The van der Waals surface area contributed by atoms with Gasteiger partial charge in [-0.3, -0.25) is 14.2 Å². The summed E-state index contributed by atoms with van der Waals surface area (Å²) in [5.41, 5.74) is -0.0499. The first-order valence-electron chi connectivity index (χ1n) is 9.46. The van der Waals surface area contributed by atoms with Crippen molar-refractivity contribution in [2.75, 3.05) is 7.11 Å². The van der Waals surface area contributed by atoms with Crippen LogP contribution < -0.4 is 19.6 Å². The van der Waals surface area contributed by atoms with Crippen LogP contribution in [0, 0.1) is 5.92 Å². The molecule has 2 aromatic carbocycles. The Morgan fingerprint density at radius 1 is 1.29 bits per heavy atom. The second-order valence-electron chi connectivity index (χ2n) is 7.49. The van der Waals surface area contributed by atoms with Gasteiger partial charge in [-0.1, -0.05) is 58.8 Å². The quantitative estimate of drug-likeness (QED) is 0.534. The van der Waals surface area contributed by atoms with Crippen LogP contribution in [-0.4, -0.2) is 23.4 Å². The van der Waals surface area contributed by atoms with Crippen molar-refractivity contribution >= 4 is 46.6 Å². The van der Waals surface area contributed by atoms with Gasteiger partial charge in [-0.2, -0.15) is 0 Å². The molecule has 2 aliphatic rings. The van der Waals surface area contributed by atoms with E-state index in [1.54, 1.807) is 35.8 Å². The number of methoxy groups -OCH3 is 1. The number of rotatable bonds is 2. The van der Waals surface area contributed by atoms with E-state index in [1.807, 2.05) is 24.3 Å². The van der Waals surface area contributed by atoms with Gasteiger partial charge in [0.25, 0.3) is 5.56 Å². The number of carbonyl (C=O) groups excluding carboxylic acids is 1. The maximum atomic E-state index is 13.5. The molecule has 2 bridgehead atoms. The molecule has 3 aromatic rings. The molecule has 5 rings (SSSR count). The zero-order valence-electron chi connectivity index (χ0n) is 16.5. The Bertz CT molecular complexity index is 1410. The Labute approximate surface area is 191 Å². The normalized spacial score (nSPS) is 23.9. The third kappa shape index (κ3) is 3.11. The molecular weight excluding hydrogens is 459 g/mol. The smallest absolute Gasteiger partial charge is 0.317 e. The Balaban J connectivity index is 1.80. The fourth-order valence-electron chi connectivity index (χ4n) is 4.19. The minimum atomic E-state index is -1.20. The highest BCUT2D eigenvalue weighted by molar-refractivity contribution is 7.07. The molecule has 0 amide bonds. The average Bonchev–Trinajstić information content (AvgIpc) is 3.02. The number of thiazole rings is 1. The van der Waals surface area contributed by atoms with Gasteiger partial charge in [0.05, 0.1) is 17.7 Å². The minimum Gasteiger partial charge on any atom is -0.469 e. The molecule has 0 spiro atoms. The summed E-state index contributed by atoms with van der Waals surface area (Å²) in [6.45, 7) is 1.74. The fraction of sp³-hybridized carbons (Fsp3) is 0.227. The first-order valence-corrected chi connectivity index (χ1v) is 11.0. The predicted molar refractivity (Wildman–Crippen MR) is 119 cm³/mol. The van der Waals surface area contributed by atoms with Crippen molar-refractivity contribution in [2.24, 2.45) is 10.9 Å². The fourth-order valence-corrected chi connectivity index (χ4v) is 5.74. The third-order valence-corrected chi connectivity index (χ3v) is 7.13.